The monoisotopic (exact) mass is 256 g/mol. The Balaban J connectivity index is 2.17. The highest BCUT2D eigenvalue weighted by Gasteiger charge is 2.20. The lowest BCUT2D eigenvalue weighted by Crippen LogP contribution is -2.33. The number of sulfonamides is 1. The first-order valence-corrected chi connectivity index (χ1v) is 6.95. The summed E-state index contributed by atoms with van der Waals surface area (Å²) in [6, 6.07) is 3.57. The van der Waals surface area contributed by atoms with Crippen LogP contribution in [0.2, 0.25) is 0 Å². The van der Waals surface area contributed by atoms with Crippen molar-refractivity contribution in [1.29, 1.82) is 0 Å². The quantitative estimate of drug-likeness (QED) is 0.763. The van der Waals surface area contributed by atoms with Gasteiger partial charge in [-0.05, 0) is 25.1 Å². The van der Waals surface area contributed by atoms with Crippen LogP contribution in [0.1, 0.15) is 6.42 Å². The van der Waals surface area contributed by atoms with E-state index in [4.69, 9.17) is 5.14 Å². The van der Waals surface area contributed by atoms with Crippen LogP contribution < -0.4 is 15.4 Å². The van der Waals surface area contributed by atoms with E-state index in [1.54, 1.807) is 6.07 Å². The van der Waals surface area contributed by atoms with E-state index in [1.165, 1.54) is 12.3 Å². The Morgan fingerprint density at radius 3 is 2.76 bits per heavy atom. The molecule has 1 atom stereocenters. The maximum absolute atomic E-state index is 11.1. The summed E-state index contributed by atoms with van der Waals surface area (Å²) in [5.41, 5.74) is 0. The lowest BCUT2D eigenvalue weighted by Gasteiger charge is -2.24. The number of nitrogens with two attached hydrogens (primary N) is 1. The van der Waals surface area contributed by atoms with Crippen LogP contribution >= 0.6 is 0 Å². The molecule has 1 aliphatic heterocycles. The van der Waals surface area contributed by atoms with Crippen LogP contribution in [0, 0.1) is 0 Å². The van der Waals surface area contributed by atoms with Crippen LogP contribution in [0.4, 0.5) is 5.82 Å². The number of pyridine rings is 1. The maximum atomic E-state index is 11.1. The van der Waals surface area contributed by atoms with E-state index in [0.29, 0.717) is 6.04 Å². The molecule has 0 radical (unpaired) electrons. The average Bonchev–Trinajstić information content (AvgIpc) is 2.80. The Morgan fingerprint density at radius 1 is 1.53 bits per heavy atom. The fraction of sp³-hybridized carbons (Fsp3) is 0.500. The van der Waals surface area contributed by atoms with Crippen molar-refractivity contribution in [2.45, 2.75) is 17.4 Å². The van der Waals surface area contributed by atoms with Crippen LogP contribution in [0.15, 0.2) is 23.2 Å². The zero-order valence-electron chi connectivity index (χ0n) is 9.63. The molecule has 1 saturated heterocycles. The molecule has 6 nitrogen and oxygen atoms in total. The number of hydrogen-bond donors (Lipinski definition) is 2. The average molecular weight is 256 g/mol. The number of hydrogen-bond acceptors (Lipinski definition) is 5. The van der Waals surface area contributed by atoms with Gasteiger partial charge in [0, 0.05) is 25.8 Å². The molecule has 0 bridgehead atoms. The van der Waals surface area contributed by atoms with E-state index in [1.807, 2.05) is 11.9 Å². The molecule has 1 aliphatic rings. The second-order valence-electron chi connectivity index (χ2n) is 4.15. The standard InChI is InChI=1S/C10H16N4O2S/c1-14(8-4-5-12-6-8)10-3-2-9(7-13-10)17(11,15)16/h2-3,7-8,12H,4-6H2,1H3,(H2,11,15,16). The van der Waals surface area contributed by atoms with Crippen molar-refractivity contribution in [2.75, 3.05) is 25.0 Å². The van der Waals surface area contributed by atoms with E-state index in [0.717, 1.165) is 25.3 Å². The van der Waals surface area contributed by atoms with E-state index in [9.17, 15) is 8.42 Å². The van der Waals surface area contributed by atoms with Crippen LogP contribution in [0.3, 0.4) is 0 Å². The molecule has 0 amide bonds. The summed E-state index contributed by atoms with van der Waals surface area (Å²) in [4.78, 5) is 6.22. The van der Waals surface area contributed by atoms with Crippen molar-refractivity contribution < 1.29 is 8.42 Å². The Hall–Kier alpha value is -1.18. The molecule has 1 aromatic rings. The van der Waals surface area contributed by atoms with Crippen LogP contribution in [-0.4, -0.2) is 39.6 Å². The summed E-state index contributed by atoms with van der Waals surface area (Å²) in [5.74, 6) is 0.756. The Bertz CT molecular complexity index is 480. The minimum Gasteiger partial charge on any atom is -0.355 e. The van der Waals surface area contributed by atoms with Gasteiger partial charge in [-0.2, -0.15) is 0 Å². The third kappa shape index (κ3) is 2.74. The van der Waals surface area contributed by atoms with E-state index in [2.05, 4.69) is 10.3 Å². The molecule has 3 N–H and O–H groups in total. The zero-order valence-corrected chi connectivity index (χ0v) is 10.4. The number of rotatable bonds is 3. The first kappa shape index (κ1) is 12.3. The summed E-state index contributed by atoms with van der Waals surface area (Å²) in [7, 11) is -1.70. The molecule has 0 aromatic carbocycles. The predicted octanol–water partition coefficient (Wildman–Crippen LogP) is -0.473. The molecule has 17 heavy (non-hydrogen) atoms. The van der Waals surface area contributed by atoms with Crippen molar-refractivity contribution in [3.05, 3.63) is 18.3 Å². The summed E-state index contributed by atoms with van der Waals surface area (Å²) in [5, 5.41) is 8.29. The van der Waals surface area contributed by atoms with Crippen molar-refractivity contribution in [2.24, 2.45) is 5.14 Å². The number of primary sulfonamides is 1. The summed E-state index contributed by atoms with van der Waals surface area (Å²) < 4.78 is 22.2. The van der Waals surface area contributed by atoms with Crippen molar-refractivity contribution in [3.8, 4) is 0 Å². The zero-order chi connectivity index (χ0) is 12.5. The third-order valence-corrected chi connectivity index (χ3v) is 3.89. The molecule has 0 spiro atoms. The molecular formula is C10H16N4O2S. The smallest absolute Gasteiger partial charge is 0.239 e. The van der Waals surface area contributed by atoms with Gasteiger partial charge in [0.1, 0.15) is 10.7 Å². The molecule has 0 saturated carbocycles. The largest absolute Gasteiger partial charge is 0.355 e. The highest BCUT2D eigenvalue weighted by molar-refractivity contribution is 7.89. The molecule has 94 valence electrons. The van der Waals surface area contributed by atoms with Gasteiger partial charge in [0.05, 0.1) is 0 Å². The summed E-state index contributed by atoms with van der Waals surface area (Å²) in [6.45, 7) is 1.93. The van der Waals surface area contributed by atoms with Crippen molar-refractivity contribution in [3.63, 3.8) is 0 Å². The molecule has 2 heterocycles. The van der Waals surface area contributed by atoms with E-state index >= 15 is 0 Å². The normalized spacial score (nSPS) is 20.5. The molecule has 1 aromatic heterocycles. The van der Waals surface area contributed by atoms with Crippen LogP contribution in [0.5, 0.6) is 0 Å². The Kier molecular flexibility index (Phi) is 3.32. The Morgan fingerprint density at radius 2 is 2.29 bits per heavy atom. The van der Waals surface area contributed by atoms with Crippen LogP contribution in [-0.2, 0) is 10.0 Å². The van der Waals surface area contributed by atoms with Crippen LogP contribution in [0.25, 0.3) is 0 Å². The lowest BCUT2D eigenvalue weighted by atomic mass is 10.2. The molecule has 7 heteroatoms. The van der Waals surface area contributed by atoms with Gasteiger partial charge in [0.2, 0.25) is 10.0 Å². The van der Waals surface area contributed by atoms with E-state index in [-0.39, 0.29) is 4.90 Å². The van der Waals surface area contributed by atoms with Gasteiger partial charge >= 0.3 is 0 Å². The second kappa shape index (κ2) is 4.59. The Labute approximate surface area is 101 Å². The first-order valence-electron chi connectivity index (χ1n) is 5.41. The van der Waals surface area contributed by atoms with Crippen molar-refractivity contribution in [1.82, 2.24) is 10.3 Å². The lowest BCUT2D eigenvalue weighted by molar-refractivity contribution is 0.597. The van der Waals surface area contributed by atoms with Gasteiger partial charge in [-0.1, -0.05) is 0 Å². The number of anilines is 1. The summed E-state index contributed by atoms with van der Waals surface area (Å²) >= 11 is 0. The summed E-state index contributed by atoms with van der Waals surface area (Å²) in [6.07, 6.45) is 2.36. The van der Waals surface area contributed by atoms with Gasteiger partial charge in [0.15, 0.2) is 0 Å². The molecule has 1 fully saturated rings. The number of nitrogens with one attached hydrogen (secondary N) is 1. The fourth-order valence-corrected chi connectivity index (χ4v) is 2.36. The predicted molar refractivity (Wildman–Crippen MR) is 65.3 cm³/mol. The molecule has 0 aliphatic carbocycles. The first-order chi connectivity index (χ1) is 7.98. The molecule has 1 unspecified atom stereocenters. The minimum atomic E-state index is -3.66. The number of nitrogens with zero attached hydrogens (tertiary/aromatic N) is 2. The van der Waals surface area contributed by atoms with Gasteiger partial charge in [-0.15, -0.1) is 0 Å². The van der Waals surface area contributed by atoms with Gasteiger partial charge in [-0.25, -0.2) is 18.5 Å². The molecular weight excluding hydrogens is 240 g/mol. The number of likely N-dealkylation sites (N-methyl/N-ethyl adjacent to an activating group) is 1. The van der Waals surface area contributed by atoms with Gasteiger partial charge in [0.25, 0.3) is 0 Å². The molecule has 2 rings (SSSR count). The number of aromatic nitrogens is 1. The highest BCUT2D eigenvalue weighted by Crippen LogP contribution is 2.17. The highest BCUT2D eigenvalue weighted by atomic mass is 32.2. The topological polar surface area (TPSA) is 88.3 Å². The third-order valence-electron chi connectivity index (χ3n) is 2.99. The fourth-order valence-electron chi connectivity index (χ4n) is 1.91. The van der Waals surface area contributed by atoms with E-state index < -0.39 is 10.0 Å². The van der Waals surface area contributed by atoms with Gasteiger partial charge < -0.3 is 10.2 Å². The van der Waals surface area contributed by atoms with Gasteiger partial charge in [-0.3, -0.25) is 0 Å². The minimum absolute atomic E-state index is 0.0409. The SMILES string of the molecule is CN(c1ccc(S(N)(=O)=O)cn1)C1CCNC1. The second-order valence-corrected chi connectivity index (χ2v) is 5.72. The maximum Gasteiger partial charge on any atom is 0.239 e. The van der Waals surface area contributed by atoms with Crippen molar-refractivity contribution >= 4 is 15.8 Å².